The first-order valence-corrected chi connectivity index (χ1v) is 6.11. The molecule has 1 amide bonds. The topological polar surface area (TPSA) is 32.3 Å². The molecule has 0 fully saturated rings. The van der Waals surface area contributed by atoms with Crippen LogP contribution in [0.2, 0.25) is 0 Å². The van der Waals surface area contributed by atoms with Gasteiger partial charge in [-0.1, -0.05) is 6.07 Å². The van der Waals surface area contributed by atoms with E-state index in [1.54, 1.807) is 0 Å². The fourth-order valence-corrected chi connectivity index (χ4v) is 1.98. The van der Waals surface area contributed by atoms with Gasteiger partial charge in [0.25, 0.3) is 0 Å². The van der Waals surface area contributed by atoms with Gasteiger partial charge in [0.1, 0.15) is 0 Å². The lowest BCUT2D eigenvalue weighted by Gasteiger charge is -2.22. The molecule has 0 saturated heterocycles. The largest absolute Gasteiger partial charge is 0.319 e. The number of hydrogen-bond donors (Lipinski definition) is 1. The molecule has 1 N–H and O–H groups in total. The van der Waals surface area contributed by atoms with E-state index in [1.807, 2.05) is 18.9 Å². The normalized spacial score (nSPS) is 9.78. The first-order chi connectivity index (χ1) is 8.08. The van der Waals surface area contributed by atoms with E-state index in [-0.39, 0.29) is 18.3 Å². The molecule has 18 heavy (non-hydrogen) atoms. The van der Waals surface area contributed by atoms with Gasteiger partial charge in [-0.2, -0.15) is 0 Å². The van der Waals surface area contributed by atoms with Crippen LogP contribution in [0, 0.1) is 13.8 Å². The highest BCUT2D eigenvalue weighted by Crippen LogP contribution is 2.19. The zero-order valence-corrected chi connectivity index (χ0v) is 12.4. The van der Waals surface area contributed by atoms with Crippen LogP contribution in [-0.2, 0) is 4.79 Å². The summed E-state index contributed by atoms with van der Waals surface area (Å²) in [5.41, 5.74) is 3.39. The van der Waals surface area contributed by atoms with Crippen LogP contribution in [-0.4, -0.2) is 26.0 Å². The summed E-state index contributed by atoms with van der Waals surface area (Å²) in [4.78, 5) is 13.9. The van der Waals surface area contributed by atoms with E-state index < -0.39 is 0 Å². The number of rotatable bonds is 5. The lowest BCUT2D eigenvalue weighted by atomic mass is 10.1. The molecule has 0 bridgehead atoms. The maximum absolute atomic E-state index is 12.0. The molecule has 3 nitrogen and oxygen atoms in total. The predicted octanol–water partition coefficient (Wildman–Crippen LogP) is 2.69. The summed E-state index contributed by atoms with van der Waals surface area (Å²) in [5.74, 6) is 0.173. The van der Waals surface area contributed by atoms with E-state index >= 15 is 0 Å². The van der Waals surface area contributed by atoms with Gasteiger partial charge >= 0.3 is 0 Å². The van der Waals surface area contributed by atoms with E-state index in [2.05, 4.69) is 37.4 Å². The van der Waals surface area contributed by atoms with Crippen molar-refractivity contribution in [2.75, 3.05) is 25.0 Å². The molecule has 0 aliphatic heterocycles. The second-order valence-corrected chi connectivity index (χ2v) is 4.34. The summed E-state index contributed by atoms with van der Waals surface area (Å²) in [6, 6.07) is 6.25. The Kier molecular flexibility index (Phi) is 7.64. The van der Waals surface area contributed by atoms with Crippen molar-refractivity contribution in [3.05, 3.63) is 29.3 Å². The Hall–Kier alpha value is -1.06. The standard InChI is InChI=1S/C14H22N2O.ClH/c1-5-16(14(17)6-7-15-4)13-9-11(2)8-12(3)10-13;/h8-10,15H,5-7H2,1-4H3;1H. The number of hydrogen-bond acceptors (Lipinski definition) is 2. The Bertz CT molecular complexity index is 373. The highest BCUT2D eigenvalue weighted by molar-refractivity contribution is 5.93. The molecule has 0 heterocycles. The van der Waals surface area contributed by atoms with Gasteiger partial charge in [0.05, 0.1) is 0 Å². The highest BCUT2D eigenvalue weighted by Gasteiger charge is 2.13. The molecular formula is C14H23ClN2O. The molecular weight excluding hydrogens is 248 g/mol. The molecule has 0 aliphatic rings. The van der Waals surface area contributed by atoms with E-state index in [9.17, 15) is 4.79 Å². The quantitative estimate of drug-likeness (QED) is 0.892. The number of nitrogens with one attached hydrogen (secondary N) is 1. The zero-order chi connectivity index (χ0) is 12.8. The summed E-state index contributed by atoms with van der Waals surface area (Å²) in [7, 11) is 1.86. The van der Waals surface area contributed by atoms with E-state index in [1.165, 1.54) is 11.1 Å². The smallest absolute Gasteiger partial charge is 0.228 e. The minimum Gasteiger partial charge on any atom is -0.319 e. The fraction of sp³-hybridized carbons (Fsp3) is 0.500. The summed E-state index contributed by atoms with van der Waals surface area (Å²) >= 11 is 0. The first kappa shape index (κ1) is 16.9. The van der Waals surface area contributed by atoms with Crippen LogP contribution in [0.25, 0.3) is 0 Å². The van der Waals surface area contributed by atoms with Crippen LogP contribution in [0.4, 0.5) is 5.69 Å². The monoisotopic (exact) mass is 270 g/mol. The fourth-order valence-electron chi connectivity index (χ4n) is 1.98. The van der Waals surface area contributed by atoms with Crippen molar-refractivity contribution in [2.24, 2.45) is 0 Å². The van der Waals surface area contributed by atoms with Crippen LogP contribution < -0.4 is 10.2 Å². The Labute approximate surface area is 116 Å². The summed E-state index contributed by atoms with van der Waals surface area (Å²) in [6.45, 7) is 7.56. The molecule has 1 aromatic carbocycles. The van der Waals surface area contributed by atoms with Crippen LogP contribution in [0.5, 0.6) is 0 Å². The Morgan fingerprint density at radius 1 is 1.22 bits per heavy atom. The maximum atomic E-state index is 12.0. The van der Waals surface area contributed by atoms with Crippen molar-refractivity contribution in [2.45, 2.75) is 27.2 Å². The van der Waals surface area contributed by atoms with Gasteiger partial charge in [0.15, 0.2) is 0 Å². The molecule has 1 aromatic rings. The van der Waals surface area contributed by atoms with Gasteiger partial charge < -0.3 is 10.2 Å². The van der Waals surface area contributed by atoms with Crippen molar-refractivity contribution < 1.29 is 4.79 Å². The van der Waals surface area contributed by atoms with Crippen molar-refractivity contribution >= 4 is 24.0 Å². The van der Waals surface area contributed by atoms with Crippen LogP contribution in [0.15, 0.2) is 18.2 Å². The SMILES string of the molecule is CCN(C(=O)CCNC)c1cc(C)cc(C)c1.Cl. The van der Waals surface area contributed by atoms with Crippen molar-refractivity contribution in [3.8, 4) is 0 Å². The van der Waals surface area contributed by atoms with E-state index in [4.69, 9.17) is 0 Å². The molecule has 0 aromatic heterocycles. The number of benzene rings is 1. The van der Waals surface area contributed by atoms with Gasteiger partial charge in [0.2, 0.25) is 5.91 Å². The lowest BCUT2D eigenvalue weighted by Crippen LogP contribution is -2.32. The molecule has 1 rings (SSSR count). The number of amides is 1. The highest BCUT2D eigenvalue weighted by atomic mass is 35.5. The Balaban J connectivity index is 0.00000289. The summed E-state index contributed by atoms with van der Waals surface area (Å²) < 4.78 is 0. The van der Waals surface area contributed by atoms with E-state index in [0.717, 1.165) is 12.2 Å². The molecule has 0 spiro atoms. The number of anilines is 1. The molecule has 4 heteroatoms. The summed E-state index contributed by atoms with van der Waals surface area (Å²) in [6.07, 6.45) is 0.539. The number of carbonyl (C=O) groups excluding carboxylic acids is 1. The first-order valence-electron chi connectivity index (χ1n) is 6.11. The Morgan fingerprint density at radius 2 is 1.78 bits per heavy atom. The molecule has 102 valence electrons. The third kappa shape index (κ3) is 4.67. The van der Waals surface area contributed by atoms with E-state index in [0.29, 0.717) is 13.0 Å². The number of nitrogens with zero attached hydrogens (tertiary/aromatic N) is 1. The second-order valence-electron chi connectivity index (χ2n) is 4.34. The van der Waals surface area contributed by atoms with Gasteiger partial charge in [-0.15, -0.1) is 12.4 Å². The average molecular weight is 271 g/mol. The van der Waals surface area contributed by atoms with Crippen molar-refractivity contribution in [1.29, 1.82) is 0 Å². The van der Waals surface area contributed by atoms with Gasteiger partial charge in [0, 0.05) is 25.2 Å². The summed E-state index contributed by atoms with van der Waals surface area (Å²) in [5, 5.41) is 3.00. The van der Waals surface area contributed by atoms with Gasteiger partial charge in [-0.05, 0) is 51.1 Å². The zero-order valence-electron chi connectivity index (χ0n) is 11.6. The number of halogens is 1. The maximum Gasteiger partial charge on any atom is 0.228 e. The molecule has 0 radical (unpaired) electrons. The van der Waals surface area contributed by atoms with Gasteiger partial charge in [-0.25, -0.2) is 0 Å². The van der Waals surface area contributed by atoms with Crippen LogP contribution >= 0.6 is 12.4 Å². The molecule has 0 unspecified atom stereocenters. The van der Waals surface area contributed by atoms with Crippen LogP contribution in [0.1, 0.15) is 24.5 Å². The number of carbonyl (C=O) groups is 1. The minimum atomic E-state index is 0. The van der Waals surface area contributed by atoms with Crippen molar-refractivity contribution in [3.63, 3.8) is 0 Å². The lowest BCUT2D eigenvalue weighted by molar-refractivity contribution is -0.118. The third-order valence-electron chi connectivity index (χ3n) is 2.72. The van der Waals surface area contributed by atoms with Gasteiger partial charge in [-0.3, -0.25) is 4.79 Å². The average Bonchev–Trinajstić information content (AvgIpc) is 2.26. The Morgan fingerprint density at radius 3 is 2.22 bits per heavy atom. The number of aryl methyl sites for hydroxylation is 2. The molecule has 0 atom stereocenters. The second kappa shape index (κ2) is 8.11. The minimum absolute atomic E-state index is 0. The third-order valence-corrected chi connectivity index (χ3v) is 2.72. The van der Waals surface area contributed by atoms with Crippen molar-refractivity contribution in [1.82, 2.24) is 5.32 Å². The molecule has 0 aliphatic carbocycles. The van der Waals surface area contributed by atoms with Crippen LogP contribution in [0.3, 0.4) is 0 Å². The predicted molar refractivity (Wildman–Crippen MR) is 79.7 cm³/mol. The molecule has 0 saturated carbocycles.